The van der Waals surface area contributed by atoms with Crippen LogP contribution in [0.1, 0.15) is 24.8 Å². The van der Waals surface area contributed by atoms with Crippen molar-refractivity contribution in [3.05, 3.63) is 76.8 Å². The van der Waals surface area contributed by atoms with Crippen LogP contribution in [-0.4, -0.2) is 20.3 Å². The maximum absolute atomic E-state index is 13.2. The van der Waals surface area contributed by atoms with Gasteiger partial charge in [0.1, 0.15) is 18.5 Å². The molecular formula is C25H23F3N4O. The van der Waals surface area contributed by atoms with Crippen LogP contribution in [0.3, 0.4) is 0 Å². The maximum atomic E-state index is 13.2. The van der Waals surface area contributed by atoms with Gasteiger partial charge in [0.25, 0.3) is 5.56 Å². The van der Waals surface area contributed by atoms with Crippen LogP contribution < -0.4 is 11.3 Å². The normalized spacial score (nSPS) is 15.5. The van der Waals surface area contributed by atoms with E-state index in [0.717, 1.165) is 48.0 Å². The number of fused-ring (bicyclic) bond motifs is 1. The largest absolute Gasteiger partial charge is 0.406 e. The average Bonchev–Trinajstić information content (AvgIpc) is 3.07. The van der Waals surface area contributed by atoms with Gasteiger partial charge < -0.3 is 10.3 Å². The zero-order chi connectivity index (χ0) is 23.4. The molecule has 0 amide bonds. The van der Waals surface area contributed by atoms with Crippen LogP contribution in [0.25, 0.3) is 33.4 Å². The minimum atomic E-state index is -4.53. The second-order valence-electron chi connectivity index (χ2n) is 8.73. The van der Waals surface area contributed by atoms with Gasteiger partial charge in [-0.3, -0.25) is 9.36 Å². The van der Waals surface area contributed by atoms with Gasteiger partial charge in [-0.05, 0) is 36.0 Å². The van der Waals surface area contributed by atoms with E-state index in [1.807, 2.05) is 54.6 Å². The third kappa shape index (κ3) is 3.64. The molecule has 1 fully saturated rings. The van der Waals surface area contributed by atoms with E-state index in [2.05, 4.69) is 4.98 Å². The van der Waals surface area contributed by atoms with Crippen molar-refractivity contribution in [3.63, 3.8) is 0 Å². The number of hydrogen-bond donors (Lipinski definition) is 1. The molecule has 2 heterocycles. The molecule has 4 aromatic rings. The molecule has 2 aromatic heterocycles. The number of nitrogens with two attached hydrogens (primary N) is 1. The molecule has 0 unspecified atom stereocenters. The monoisotopic (exact) mass is 452 g/mol. The van der Waals surface area contributed by atoms with E-state index >= 15 is 0 Å². The van der Waals surface area contributed by atoms with Gasteiger partial charge in [-0.1, -0.05) is 54.6 Å². The van der Waals surface area contributed by atoms with Crippen LogP contribution in [0.5, 0.6) is 0 Å². The minimum Gasteiger partial charge on any atom is -0.328 e. The fourth-order valence-electron chi connectivity index (χ4n) is 4.68. The third-order valence-corrected chi connectivity index (χ3v) is 6.55. The highest BCUT2D eigenvalue weighted by atomic mass is 19.4. The molecule has 0 bridgehead atoms. The van der Waals surface area contributed by atoms with Gasteiger partial charge in [-0.2, -0.15) is 13.2 Å². The van der Waals surface area contributed by atoms with Crippen molar-refractivity contribution in [1.29, 1.82) is 0 Å². The summed E-state index contributed by atoms with van der Waals surface area (Å²) in [5.74, 6) is 0. The van der Waals surface area contributed by atoms with Gasteiger partial charge in [0.2, 0.25) is 0 Å². The number of benzene rings is 2. The van der Waals surface area contributed by atoms with Crippen molar-refractivity contribution in [2.45, 2.75) is 37.5 Å². The Morgan fingerprint density at radius 2 is 1.70 bits per heavy atom. The van der Waals surface area contributed by atoms with Crippen LogP contribution in [0, 0.1) is 0 Å². The van der Waals surface area contributed by atoms with Gasteiger partial charge in [-0.15, -0.1) is 0 Å². The highest BCUT2D eigenvalue weighted by Gasteiger charge is 2.34. The molecule has 0 spiro atoms. The Morgan fingerprint density at radius 3 is 2.27 bits per heavy atom. The van der Waals surface area contributed by atoms with Gasteiger partial charge in [-0.25, -0.2) is 4.98 Å². The second kappa shape index (κ2) is 7.59. The fraction of sp³-hybridized carbons (Fsp3) is 0.280. The lowest BCUT2D eigenvalue weighted by atomic mass is 9.72. The van der Waals surface area contributed by atoms with E-state index in [9.17, 15) is 18.0 Å². The molecule has 33 heavy (non-hydrogen) atoms. The summed E-state index contributed by atoms with van der Waals surface area (Å²) < 4.78 is 41.6. The van der Waals surface area contributed by atoms with Crippen molar-refractivity contribution in [2.24, 2.45) is 12.8 Å². The Morgan fingerprint density at radius 1 is 1.03 bits per heavy atom. The third-order valence-electron chi connectivity index (χ3n) is 6.55. The molecular weight excluding hydrogens is 429 g/mol. The Hall–Kier alpha value is -3.39. The number of nitrogens with zero attached hydrogens (tertiary/aromatic N) is 3. The fourth-order valence-corrected chi connectivity index (χ4v) is 4.68. The number of aromatic nitrogens is 3. The smallest absolute Gasteiger partial charge is 0.328 e. The Bertz CT molecular complexity index is 1380. The maximum Gasteiger partial charge on any atom is 0.406 e. The van der Waals surface area contributed by atoms with Gasteiger partial charge in [0.05, 0.1) is 11.1 Å². The van der Waals surface area contributed by atoms with Crippen LogP contribution >= 0.6 is 0 Å². The lowest BCUT2D eigenvalue weighted by Crippen LogP contribution is -2.43. The Balaban J connectivity index is 1.76. The Kier molecular flexibility index (Phi) is 4.93. The lowest BCUT2D eigenvalue weighted by molar-refractivity contribution is -0.141. The summed E-state index contributed by atoms with van der Waals surface area (Å²) in [7, 11) is 1.77. The first-order chi connectivity index (χ1) is 15.7. The molecule has 0 aliphatic heterocycles. The first-order valence-electron chi connectivity index (χ1n) is 10.8. The van der Waals surface area contributed by atoms with Crippen molar-refractivity contribution < 1.29 is 13.2 Å². The van der Waals surface area contributed by atoms with Gasteiger partial charge in [0, 0.05) is 18.2 Å². The molecule has 1 aliphatic carbocycles. The molecule has 2 aromatic carbocycles. The molecule has 2 N–H and O–H groups in total. The highest BCUT2D eigenvalue weighted by molar-refractivity contribution is 6.02. The number of rotatable bonds is 4. The summed E-state index contributed by atoms with van der Waals surface area (Å²) in [5, 5.41) is 0.170. The predicted molar refractivity (Wildman–Crippen MR) is 122 cm³/mol. The van der Waals surface area contributed by atoms with Crippen LogP contribution in [0.15, 0.2) is 65.7 Å². The van der Waals surface area contributed by atoms with E-state index in [4.69, 9.17) is 5.73 Å². The van der Waals surface area contributed by atoms with Crippen molar-refractivity contribution in [2.75, 3.05) is 0 Å². The van der Waals surface area contributed by atoms with E-state index in [1.165, 1.54) is 0 Å². The van der Waals surface area contributed by atoms with Crippen molar-refractivity contribution in [3.8, 4) is 22.4 Å². The quantitative estimate of drug-likeness (QED) is 0.476. The summed E-state index contributed by atoms with van der Waals surface area (Å²) >= 11 is 0. The molecule has 1 saturated carbocycles. The number of aryl methyl sites for hydroxylation is 1. The minimum absolute atomic E-state index is 0.170. The van der Waals surface area contributed by atoms with Crippen molar-refractivity contribution in [1.82, 2.24) is 14.1 Å². The molecule has 5 rings (SSSR count). The molecule has 170 valence electrons. The van der Waals surface area contributed by atoms with Crippen LogP contribution in [0.4, 0.5) is 13.2 Å². The van der Waals surface area contributed by atoms with Gasteiger partial charge in [0.15, 0.2) is 0 Å². The summed E-state index contributed by atoms with van der Waals surface area (Å²) in [6.45, 7) is -1.39. The Labute approximate surface area is 188 Å². The molecule has 5 nitrogen and oxygen atoms in total. The lowest BCUT2D eigenvalue weighted by Gasteiger charge is -2.38. The van der Waals surface area contributed by atoms with Crippen LogP contribution in [-0.2, 0) is 19.1 Å². The summed E-state index contributed by atoms with van der Waals surface area (Å²) in [6, 6.07) is 17.1. The van der Waals surface area contributed by atoms with E-state index in [0.29, 0.717) is 15.8 Å². The summed E-state index contributed by atoms with van der Waals surface area (Å²) in [4.78, 5) is 17.5. The molecule has 8 heteroatoms. The van der Waals surface area contributed by atoms with E-state index in [-0.39, 0.29) is 10.9 Å². The van der Waals surface area contributed by atoms with Crippen molar-refractivity contribution >= 4 is 11.0 Å². The highest BCUT2D eigenvalue weighted by Crippen LogP contribution is 2.41. The first-order valence-corrected chi connectivity index (χ1v) is 10.8. The molecule has 1 aliphatic rings. The first kappa shape index (κ1) is 21.5. The number of hydrogen-bond acceptors (Lipinski definition) is 3. The predicted octanol–water partition coefficient (Wildman–Crippen LogP) is 4.97. The van der Waals surface area contributed by atoms with Crippen LogP contribution in [0.2, 0.25) is 0 Å². The zero-order valence-corrected chi connectivity index (χ0v) is 18.1. The second-order valence-corrected chi connectivity index (χ2v) is 8.73. The topological polar surface area (TPSA) is 65.8 Å². The molecule has 0 saturated heterocycles. The zero-order valence-electron chi connectivity index (χ0n) is 18.1. The number of halogens is 3. The number of alkyl halides is 3. The average molecular weight is 452 g/mol. The summed E-state index contributed by atoms with van der Waals surface area (Å²) in [6.07, 6.45) is -0.570. The summed E-state index contributed by atoms with van der Waals surface area (Å²) in [5.41, 5.74) is 9.70. The van der Waals surface area contributed by atoms with E-state index < -0.39 is 18.3 Å². The standard InChI is InChI=1S/C25H23F3N4O/c1-31-21(17-8-10-18(11-9-17)24(29)12-5-13-24)19(16-6-3-2-4-7-16)20-22(31)30-15-32(23(20)33)14-25(26,27)28/h2-4,6-11,15H,5,12-14,29H2,1H3. The van der Waals surface area contributed by atoms with Gasteiger partial charge >= 0.3 is 6.18 Å². The molecule has 0 radical (unpaired) electrons. The SMILES string of the molecule is Cn1c(-c2ccc(C3(N)CCC3)cc2)c(-c2ccccc2)c2c(=O)n(CC(F)(F)F)cnc21. The van der Waals surface area contributed by atoms with E-state index in [1.54, 1.807) is 11.6 Å². The molecule has 0 atom stereocenters.